The number of nitrogens with one attached hydrogen (secondary N) is 2. The predicted octanol–water partition coefficient (Wildman–Crippen LogP) is 2.97. The fourth-order valence-electron chi connectivity index (χ4n) is 2.51. The number of hydrogen-bond donors (Lipinski definition) is 2. The fraction of sp³-hybridized carbons (Fsp3) is 0.522. The number of amides is 2. The molecular formula is C23H33FN2O4Si. The van der Waals surface area contributed by atoms with Crippen molar-refractivity contribution in [3.8, 4) is 11.5 Å². The zero-order chi connectivity index (χ0) is 23.8. The van der Waals surface area contributed by atoms with Gasteiger partial charge in [0.2, 0.25) is 11.8 Å². The molecule has 0 fully saturated rings. The summed E-state index contributed by atoms with van der Waals surface area (Å²) in [6.45, 7) is 12.0. The van der Waals surface area contributed by atoms with Crippen molar-refractivity contribution in [2.45, 2.75) is 70.8 Å². The summed E-state index contributed by atoms with van der Waals surface area (Å²) < 4.78 is 18.8. The van der Waals surface area contributed by atoms with Crippen molar-refractivity contribution in [2.75, 3.05) is 7.11 Å². The lowest BCUT2D eigenvalue weighted by Gasteiger charge is -2.31. The third-order valence-corrected chi connectivity index (χ3v) is 10.0. The molecule has 1 aromatic carbocycles. The van der Waals surface area contributed by atoms with Crippen LogP contribution in [0.4, 0.5) is 4.39 Å². The maximum absolute atomic E-state index is 14.0. The highest BCUT2D eigenvalue weighted by atomic mass is 28.3. The van der Waals surface area contributed by atoms with Crippen LogP contribution >= 0.6 is 0 Å². The number of hydrogen-bond acceptors (Lipinski definition) is 4. The van der Waals surface area contributed by atoms with Gasteiger partial charge in [-0.3, -0.25) is 9.59 Å². The van der Waals surface area contributed by atoms with Crippen LogP contribution in [0.2, 0.25) is 18.1 Å². The van der Waals surface area contributed by atoms with Crippen LogP contribution in [0.3, 0.4) is 0 Å². The smallest absolute Gasteiger partial charge is 0.329 e. The Morgan fingerprint density at radius 1 is 1.13 bits per heavy atom. The van der Waals surface area contributed by atoms with Crippen molar-refractivity contribution in [3.05, 3.63) is 35.6 Å². The van der Waals surface area contributed by atoms with E-state index in [2.05, 4.69) is 56.0 Å². The Labute approximate surface area is 185 Å². The highest BCUT2D eigenvalue weighted by Crippen LogP contribution is 2.35. The maximum Gasteiger partial charge on any atom is 0.329 e. The third-order valence-electron chi connectivity index (χ3n) is 5.46. The Hall–Kier alpha value is -2.66. The summed E-state index contributed by atoms with van der Waals surface area (Å²) in [5.41, 5.74) is 3.58. The van der Waals surface area contributed by atoms with Crippen molar-refractivity contribution < 1.29 is 23.5 Å². The van der Waals surface area contributed by atoms with Gasteiger partial charge < -0.3 is 15.4 Å². The molecule has 170 valence electrons. The van der Waals surface area contributed by atoms with E-state index < -0.39 is 43.8 Å². The molecule has 2 atom stereocenters. The van der Waals surface area contributed by atoms with Gasteiger partial charge in [-0.25, -0.2) is 9.18 Å². The second kappa shape index (κ2) is 11.1. The number of carbonyl (C=O) groups excluding carboxylic acids is 3. The summed E-state index contributed by atoms with van der Waals surface area (Å²) >= 11 is 0. The number of carbonyl (C=O) groups is 3. The molecule has 0 saturated heterocycles. The molecule has 0 bridgehead atoms. The van der Waals surface area contributed by atoms with Gasteiger partial charge in [0.15, 0.2) is 0 Å². The van der Waals surface area contributed by atoms with E-state index in [-0.39, 0.29) is 23.4 Å². The lowest BCUT2D eigenvalue weighted by Crippen LogP contribution is -2.52. The summed E-state index contributed by atoms with van der Waals surface area (Å²) in [4.78, 5) is 36.7. The van der Waals surface area contributed by atoms with Crippen LogP contribution in [0.5, 0.6) is 0 Å². The van der Waals surface area contributed by atoms with Crippen molar-refractivity contribution in [1.82, 2.24) is 10.6 Å². The van der Waals surface area contributed by atoms with Crippen molar-refractivity contribution in [1.29, 1.82) is 0 Å². The molecule has 6 nitrogen and oxygen atoms in total. The van der Waals surface area contributed by atoms with Crippen LogP contribution in [-0.2, 0) is 25.5 Å². The molecular weight excluding hydrogens is 415 g/mol. The lowest BCUT2D eigenvalue weighted by molar-refractivity contribution is -0.145. The largest absolute Gasteiger partial charge is 0.467 e. The first kappa shape index (κ1) is 26.4. The quantitative estimate of drug-likeness (QED) is 0.382. The van der Waals surface area contributed by atoms with Crippen LogP contribution < -0.4 is 10.6 Å². The zero-order valence-corrected chi connectivity index (χ0v) is 20.4. The van der Waals surface area contributed by atoms with E-state index >= 15 is 0 Å². The normalized spacial score (nSPS) is 13.3. The minimum absolute atomic E-state index is 0.0539. The molecule has 0 heterocycles. The Morgan fingerprint density at radius 2 is 1.74 bits per heavy atom. The number of methoxy groups -OCH3 is 1. The summed E-state index contributed by atoms with van der Waals surface area (Å²) in [5.74, 6) is 0.881. The first-order valence-corrected chi connectivity index (χ1v) is 13.2. The second-order valence-electron chi connectivity index (χ2n) is 9.01. The summed E-state index contributed by atoms with van der Waals surface area (Å²) in [7, 11) is -0.653. The van der Waals surface area contributed by atoms with Crippen LogP contribution in [0.25, 0.3) is 0 Å². The second-order valence-corrected chi connectivity index (χ2v) is 14.0. The van der Waals surface area contributed by atoms with Gasteiger partial charge >= 0.3 is 5.97 Å². The molecule has 8 heteroatoms. The molecule has 0 aliphatic heterocycles. The molecule has 2 N–H and O–H groups in total. The van der Waals surface area contributed by atoms with E-state index in [0.717, 1.165) is 0 Å². The average molecular weight is 449 g/mol. The van der Waals surface area contributed by atoms with Crippen molar-refractivity contribution >= 4 is 25.9 Å². The van der Waals surface area contributed by atoms with Gasteiger partial charge in [-0.05, 0) is 16.7 Å². The number of halogens is 1. The summed E-state index contributed by atoms with van der Waals surface area (Å²) in [5, 5.41) is 5.17. The van der Waals surface area contributed by atoms with Crippen LogP contribution in [0.15, 0.2) is 24.3 Å². The SMILES string of the molecule is COC(=O)[C@H](CC#C[Si](C)(C)C(C)(C)C)NC(=O)[C@@H](Cc1ccccc1F)NC(C)=O. The average Bonchev–Trinajstić information content (AvgIpc) is 2.66. The molecule has 0 aromatic heterocycles. The van der Waals surface area contributed by atoms with E-state index in [1.54, 1.807) is 18.2 Å². The van der Waals surface area contributed by atoms with Crippen molar-refractivity contribution in [3.63, 3.8) is 0 Å². The van der Waals surface area contributed by atoms with Gasteiger partial charge in [0, 0.05) is 19.8 Å². The van der Waals surface area contributed by atoms with Gasteiger partial charge in [-0.1, -0.05) is 52.1 Å². The monoisotopic (exact) mass is 448 g/mol. The molecule has 0 aliphatic carbocycles. The molecule has 2 amide bonds. The number of rotatable bonds is 7. The fourth-order valence-corrected chi connectivity index (χ4v) is 3.43. The number of benzene rings is 1. The predicted molar refractivity (Wildman–Crippen MR) is 121 cm³/mol. The van der Waals surface area contributed by atoms with E-state index in [4.69, 9.17) is 4.74 Å². The van der Waals surface area contributed by atoms with Gasteiger partial charge in [0.25, 0.3) is 0 Å². The van der Waals surface area contributed by atoms with Crippen LogP contribution in [0.1, 0.15) is 39.7 Å². The lowest BCUT2D eigenvalue weighted by atomic mass is 10.0. The molecule has 0 aliphatic rings. The van der Waals surface area contributed by atoms with Gasteiger partial charge in [-0.15, -0.1) is 11.5 Å². The molecule has 0 saturated carbocycles. The number of ether oxygens (including phenoxy) is 1. The van der Waals surface area contributed by atoms with Crippen LogP contribution in [0, 0.1) is 17.3 Å². The highest BCUT2D eigenvalue weighted by molar-refractivity contribution is 6.87. The minimum Gasteiger partial charge on any atom is -0.467 e. The Bertz CT molecular complexity index is 868. The molecule has 0 unspecified atom stereocenters. The molecule has 31 heavy (non-hydrogen) atoms. The maximum atomic E-state index is 14.0. The standard InChI is InChI=1S/C23H33FN2O4Si/c1-16(27)25-20(15-17-11-8-9-12-18(17)24)21(28)26-19(22(29)30-5)13-10-14-31(6,7)23(2,3)4/h8-9,11-12,19-20H,13,15H2,1-7H3,(H,25,27)(H,26,28)/t19-,20+/m0/s1. The zero-order valence-electron chi connectivity index (χ0n) is 19.4. The molecule has 0 radical (unpaired) electrons. The van der Waals surface area contributed by atoms with E-state index in [1.165, 1.54) is 20.1 Å². The van der Waals surface area contributed by atoms with Gasteiger partial charge in [0.05, 0.1) is 7.11 Å². The van der Waals surface area contributed by atoms with Gasteiger partial charge in [0.1, 0.15) is 26.0 Å². The minimum atomic E-state index is -1.88. The topological polar surface area (TPSA) is 84.5 Å². The Morgan fingerprint density at radius 3 is 2.26 bits per heavy atom. The molecule has 1 rings (SSSR count). The van der Waals surface area contributed by atoms with E-state index in [0.29, 0.717) is 0 Å². The molecule has 0 spiro atoms. The Balaban J connectivity index is 3.03. The number of esters is 1. The summed E-state index contributed by atoms with van der Waals surface area (Å²) in [6.07, 6.45) is 0.0268. The van der Waals surface area contributed by atoms with E-state index in [1.807, 2.05) is 0 Å². The highest BCUT2D eigenvalue weighted by Gasteiger charge is 2.34. The third kappa shape index (κ3) is 8.17. The van der Waals surface area contributed by atoms with Crippen molar-refractivity contribution in [2.24, 2.45) is 0 Å². The molecule has 1 aromatic rings. The summed E-state index contributed by atoms with van der Waals surface area (Å²) in [6, 6.07) is 3.97. The van der Waals surface area contributed by atoms with Gasteiger partial charge in [-0.2, -0.15) is 0 Å². The first-order chi connectivity index (χ1) is 14.3. The first-order valence-electron chi connectivity index (χ1n) is 10.2. The van der Waals surface area contributed by atoms with E-state index in [9.17, 15) is 18.8 Å². The Kier molecular flexibility index (Phi) is 9.44. The van der Waals surface area contributed by atoms with Crippen LogP contribution in [-0.4, -0.2) is 45.1 Å².